The number of benzene rings is 1. The number of aliphatic hydroxyl groups excluding tert-OH is 1. The Bertz CT molecular complexity index is 1110. The summed E-state index contributed by atoms with van der Waals surface area (Å²) in [6.07, 6.45) is -5.84. The lowest BCUT2D eigenvalue weighted by atomic mass is 10.0. The Kier molecular flexibility index (Phi) is 13.1. The Morgan fingerprint density at radius 1 is 1.00 bits per heavy atom. The molecule has 1 aliphatic rings. The number of rotatable bonds is 9. The molecule has 0 aliphatic heterocycles. The molecule has 2 atom stereocenters. The van der Waals surface area contributed by atoms with Crippen LogP contribution in [-0.2, 0) is 28.0 Å². The molecule has 1 aromatic carbocycles. The molecule has 1 aromatic heterocycles. The van der Waals surface area contributed by atoms with Crippen molar-refractivity contribution in [3.63, 3.8) is 0 Å². The zero-order valence-electron chi connectivity index (χ0n) is 21.7. The van der Waals surface area contributed by atoms with E-state index in [1.54, 1.807) is 11.3 Å². The number of hydrogen-bond donors (Lipinski definition) is 5. The lowest BCUT2D eigenvalue weighted by Crippen LogP contribution is -2.45. The lowest BCUT2D eigenvalue weighted by molar-refractivity contribution is -0.193. The highest BCUT2D eigenvalue weighted by Crippen LogP contribution is 2.47. The first-order valence-corrected chi connectivity index (χ1v) is 12.7. The standard InChI is InChI=1S/C20H27F2N3OS.2C2HF3O2/c1-12(2)5-19-24-11-18(27-19)20(3-4-20)25-10-17(26)16(23)8-13-6-14(21)9-15(22)7-13;2*3-2(4,5)1(6)7/h6-7,9,11-12,16-17,25-26H,3-5,8,10,23H2,1-2H3;2*(H,6,7)/t16?,17-;;/m1../s1. The van der Waals surface area contributed by atoms with E-state index in [1.807, 2.05) is 6.20 Å². The van der Waals surface area contributed by atoms with E-state index in [0.29, 0.717) is 18.0 Å². The van der Waals surface area contributed by atoms with Crippen LogP contribution in [0, 0.1) is 17.6 Å². The van der Waals surface area contributed by atoms with Crippen LogP contribution in [-0.4, -0.2) is 63.3 Å². The van der Waals surface area contributed by atoms with E-state index < -0.39 is 48.1 Å². The highest BCUT2D eigenvalue weighted by Gasteiger charge is 2.46. The Hall–Kier alpha value is -2.89. The number of nitrogens with one attached hydrogen (secondary N) is 1. The molecular weight excluding hydrogens is 594 g/mol. The first-order valence-electron chi connectivity index (χ1n) is 11.9. The largest absolute Gasteiger partial charge is 0.490 e. The highest BCUT2D eigenvalue weighted by molar-refractivity contribution is 7.11. The minimum atomic E-state index is -5.08. The molecule has 1 unspecified atom stereocenters. The monoisotopic (exact) mass is 623 g/mol. The first kappa shape index (κ1) is 36.1. The van der Waals surface area contributed by atoms with Crippen LogP contribution in [0.5, 0.6) is 0 Å². The fourth-order valence-corrected chi connectivity index (χ4v) is 4.55. The lowest BCUT2D eigenvalue weighted by Gasteiger charge is -2.23. The number of aliphatic carboxylic acids is 2. The first-order chi connectivity index (χ1) is 18.7. The van der Waals surface area contributed by atoms with E-state index in [1.165, 1.54) is 17.0 Å². The van der Waals surface area contributed by atoms with Crippen LogP contribution < -0.4 is 11.1 Å². The molecule has 1 heterocycles. The van der Waals surface area contributed by atoms with Gasteiger partial charge in [-0.3, -0.25) is 0 Å². The maximum Gasteiger partial charge on any atom is 0.490 e. The second-order valence-corrected chi connectivity index (χ2v) is 10.6. The summed E-state index contributed by atoms with van der Waals surface area (Å²) in [6.45, 7) is 4.68. The molecule has 41 heavy (non-hydrogen) atoms. The van der Waals surface area contributed by atoms with E-state index in [4.69, 9.17) is 25.5 Å². The third kappa shape index (κ3) is 13.1. The number of halogens is 8. The van der Waals surface area contributed by atoms with Crippen molar-refractivity contribution in [2.45, 2.75) is 69.6 Å². The molecule has 17 heteroatoms. The Morgan fingerprint density at radius 2 is 1.46 bits per heavy atom. The van der Waals surface area contributed by atoms with Crippen molar-refractivity contribution in [2.24, 2.45) is 11.7 Å². The second-order valence-electron chi connectivity index (χ2n) is 9.50. The number of aromatic nitrogens is 1. The van der Waals surface area contributed by atoms with Crippen molar-refractivity contribution < 1.29 is 60.0 Å². The molecule has 2 aromatic rings. The summed E-state index contributed by atoms with van der Waals surface area (Å²) < 4.78 is 90.1. The number of carboxylic acid groups (broad SMARTS) is 2. The molecule has 0 spiro atoms. The molecule has 232 valence electrons. The van der Waals surface area contributed by atoms with Crippen LogP contribution in [0.2, 0.25) is 0 Å². The third-order valence-corrected chi connectivity index (χ3v) is 6.60. The Labute approximate surface area is 233 Å². The van der Waals surface area contributed by atoms with E-state index in [-0.39, 0.29) is 12.0 Å². The highest BCUT2D eigenvalue weighted by atomic mass is 32.1. The summed E-state index contributed by atoms with van der Waals surface area (Å²) in [5.41, 5.74) is 6.38. The summed E-state index contributed by atoms with van der Waals surface area (Å²) >= 11 is 1.73. The molecule has 1 saturated carbocycles. The number of hydrogen-bond acceptors (Lipinski definition) is 7. The molecule has 0 bridgehead atoms. The van der Waals surface area contributed by atoms with Gasteiger partial charge in [0, 0.05) is 36.1 Å². The maximum absolute atomic E-state index is 13.3. The summed E-state index contributed by atoms with van der Waals surface area (Å²) in [6, 6.07) is 2.72. The number of alkyl halides is 6. The van der Waals surface area contributed by atoms with Gasteiger partial charge in [0.1, 0.15) is 11.6 Å². The normalized spacial score (nSPS) is 15.6. The van der Waals surface area contributed by atoms with Crippen LogP contribution in [0.3, 0.4) is 0 Å². The Balaban J connectivity index is 0.000000497. The summed E-state index contributed by atoms with van der Waals surface area (Å²) in [4.78, 5) is 23.5. The van der Waals surface area contributed by atoms with E-state index in [2.05, 4.69) is 24.1 Å². The third-order valence-electron chi connectivity index (χ3n) is 5.38. The maximum atomic E-state index is 13.3. The van der Waals surface area contributed by atoms with Gasteiger partial charge in [0.05, 0.1) is 16.7 Å². The molecule has 0 amide bonds. The van der Waals surface area contributed by atoms with Crippen LogP contribution in [0.25, 0.3) is 0 Å². The fourth-order valence-electron chi connectivity index (χ4n) is 3.20. The van der Waals surface area contributed by atoms with Gasteiger partial charge in [-0.05, 0) is 42.9 Å². The zero-order valence-corrected chi connectivity index (χ0v) is 22.5. The number of carbonyl (C=O) groups is 2. The number of aliphatic hydroxyl groups is 1. The molecule has 1 aliphatic carbocycles. The molecule has 6 N–H and O–H groups in total. The number of nitrogens with zero attached hydrogens (tertiary/aromatic N) is 1. The molecule has 1 fully saturated rings. The van der Waals surface area contributed by atoms with Crippen molar-refractivity contribution >= 4 is 23.3 Å². The van der Waals surface area contributed by atoms with Gasteiger partial charge in [0.25, 0.3) is 0 Å². The average molecular weight is 624 g/mol. The van der Waals surface area contributed by atoms with Gasteiger partial charge >= 0.3 is 24.3 Å². The van der Waals surface area contributed by atoms with Crippen molar-refractivity contribution in [1.29, 1.82) is 0 Å². The quantitative estimate of drug-likeness (QED) is 0.259. The van der Waals surface area contributed by atoms with E-state index in [9.17, 15) is 40.2 Å². The fraction of sp³-hybridized carbons (Fsp3) is 0.542. The van der Waals surface area contributed by atoms with Crippen molar-refractivity contribution in [3.05, 3.63) is 51.5 Å². The van der Waals surface area contributed by atoms with Gasteiger partial charge in [-0.2, -0.15) is 26.3 Å². The Morgan fingerprint density at radius 3 is 1.85 bits per heavy atom. The second kappa shape index (κ2) is 14.8. The van der Waals surface area contributed by atoms with Gasteiger partial charge in [0.15, 0.2) is 0 Å². The van der Waals surface area contributed by atoms with Gasteiger partial charge in [-0.25, -0.2) is 23.4 Å². The van der Waals surface area contributed by atoms with Gasteiger partial charge in [-0.15, -0.1) is 11.3 Å². The topological polar surface area (TPSA) is 146 Å². The molecule has 0 saturated heterocycles. The molecule has 8 nitrogen and oxygen atoms in total. The predicted octanol–water partition coefficient (Wildman–Crippen LogP) is 4.40. The van der Waals surface area contributed by atoms with Crippen molar-refractivity contribution in [3.8, 4) is 0 Å². The molecule has 3 rings (SSSR count). The van der Waals surface area contributed by atoms with Gasteiger partial charge in [-0.1, -0.05) is 13.8 Å². The number of nitrogens with two attached hydrogens (primary N) is 1. The van der Waals surface area contributed by atoms with Crippen LogP contribution in [0.15, 0.2) is 24.4 Å². The average Bonchev–Trinajstić information content (AvgIpc) is 3.46. The number of carboxylic acids is 2. The van der Waals surface area contributed by atoms with Gasteiger partial charge < -0.3 is 26.4 Å². The summed E-state index contributed by atoms with van der Waals surface area (Å²) in [5, 5.41) is 29.2. The zero-order chi connectivity index (χ0) is 31.8. The minimum Gasteiger partial charge on any atom is -0.475 e. The SMILES string of the molecule is CC(C)Cc1ncc(C2(NC[C@@H](O)C(N)Cc3cc(F)cc(F)c3)CC2)s1.O=C(O)C(F)(F)F.O=C(O)C(F)(F)F. The summed E-state index contributed by atoms with van der Waals surface area (Å²) in [5.74, 6) is -6.21. The van der Waals surface area contributed by atoms with Crippen molar-refractivity contribution in [2.75, 3.05) is 6.54 Å². The number of thiazole rings is 1. The molecular formula is C24H29F8N3O5S. The smallest absolute Gasteiger partial charge is 0.475 e. The van der Waals surface area contributed by atoms with Crippen LogP contribution in [0.1, 0.15) is 42.1 Å². The van der Waals surface area contributed by atoms with Crippen LogP contribution in [0.4, 0.5) is 35.1 Å². The van der Waals surface area contributed by atoms with E-state index >= 15 is 0 Å². The minimum absolute atomic E-state index is 0.113. The predicted molar refractivity (Wildman–Crippen MR) is 131 cm³/mol. The molecule has 0 radical (unpaired) electrons. The van der Waals surface area contributed by atoms with E-state index in [0.717, 1.165) is 30.3 Å². The summed E-state index contributed by atoms with van der Waals surface area (Å²) in [7, 11) is 0. The van der Waals surface area contributed by atoms with Crippen molar-refractivity contribution in [1.82, 2.24) is 10.3 Å². The van der Waals surface area contributed by atoms with Crippen LogP contribution >= 0.6 is 11.3 Å². The van der Waals surface area contributed by atoms with Gasteiger partial charge in [0.2, 0.25) is 0 Å².